The molecule has 0 aliphatic carbocycles. The van der Waals surface area contributed by atoms with E-state index in [0.29, 0.717) is 6.42 Å². The van der Waals surface area contributed by atoms with Gasteiger partial charge >= 0.3 is 0 Å². The summed E-state index contributed by atoms with van der Waals surface area (Å²) in [5.41, 5.74) is 1.79. The number of rotatable bonds is 11. The molecule has 0 saturated heterocycles. The van der Waals surface area contributed by atoms with E-state index in [0.717, 1.165) is 50.0 Å². The van der Waals surface area contributed by atoms with Crippen LogP contribution in [0.2, 0.25) is 0 Å². The second-order valence-corrected chi connectivity index (χ2v) is 7.13. The van der Waals surface area contributed by atoms with Crippen molar-refractivity contribution in [3.63, 3.8) is 0 Å². The first kappa shape index (κ1) is 18.0. The van der Waals surface area contributed by atoms with Gasteiger partial charge in [-0.3, -0.25) is 4.72 Å². The van der Waals surface area contributed by atoms with Gasteiger partial charge in [-0.05, 0) is 50.4 Å². The maximum absolute atomic E-state index is 12.1. The highest BCUT2D eigenvalue weighted by Crippen LogP contribution is 2.18. The summed E-state index contributed by atoms with van der Waals surface area (Å²) in [6.07, 6.45) is 4.56. The first-order valence-corrected chi connectivity index (χ1v) is 9.53. The summed E-state index contributed by atoms with van der Waals surface area (Å²) in [4.78, 5) is 0. The fraction of sp³-hybridized carbons (Fsp3) is 0.625. The number of aryl methyl sites for hydroxylation is 1. The fourth-order valence-electron chi connectivity index (χ4n) is 2.17. The smallest absolute Gasteiger partial charge is 0.232 e. The van der Waals surface area contributed by atoms with Crippen LogP contribution in [-0.4, -0.2) is 27.3 Å². The zero-order valence-corrected chi connectivity index (χ0v) is 14.0. The average molecular weight is 312 g/mol. The van der Waals surface area contributed by atoms with Crippen LogP contribution in [0.4, 0.5) is 5.69 Å². The Balaban J connectivity index is 2.45. The lowest BCUT2D eigenvalue weighted by Gasteiger charge is -2.12. The Kier molecular flexibility index (Phi) is 8.38. The summed E-state index contributed by atoms with van der Waals surface area (Å²) in [7, 11) is -3.25. The number of nitrogens with one attached hydrogen (secondary N) is 2. The van der Waals surface area contributed by atoms with E-state index in [1.807, 2.05) is 24.3 Å². The Morgan fingerprint density at radius 1 is 1.00 bits per heavy atom. The first-order chi connectivity index (χ1) is 10.1. The molecule has 4 nitrogen and oxygen atoms in total. The van der Waals surface area contributed by atoms with Gasteiger partial charge < -0.3 is 5.32 Å². The topological polar surface area (TPSA) is 58.2 Å². The minimum Gasteiger partial charge on any atom is -0.317 e. The Morgan fingerprint density at radius 3 is 2.48 bits per heavy atom. The third-order valence-corrected chi connectivity index (χ3v) is 4.60. The number of benzene rings is 1. The molecule has 0 bridgehead atoms. The number of unbranched alkanes of at least 4 members (excludes halogenated alkanes) is 1. The summed E-state index contributed by atoms with van der Waals surface area (Å²) in [6, 6.07) is 7.63. The Labute approximate surface area is 129 Å². The molecule has 1 aromatic rings. The number of hydrogen-bond acceptors (Lipinski definition) is 3. The molecule has 120 valence electrons. The lowest BCUT2D eigenvalue weighted by Crippen LogP contribution is -2.20. The van der Waals surface area contributed by atoms with E-state index in [1.165, 1.54) is 0 Å². The third-order valence-electron chi connectivity index (χ3n) is 3.25. The van der Waals surface area contributed by atoms with Crippen molar-refractivity contribution in [2.45, 2.75) is 46.0 Å². The SMILES string of the molecule is CCCNCCCCS(=O)(=O)Nc1ccccc1CCC. The molecule has 1 rings (SSSR count). The third kappa shape index (κ3) is 7.48. The lowest BCUT2D eigenvalue weighted by atomic mass is 10.1. The van der Waals surface area contributed by atoms with E-state index < -0.39 is 10.0 Å². The summed E-state index contributed by atoms with van der Waals surface area (Å²) < 4.78 is 27.0. The van der Waals surface area contributed by atoms with Crippen molar-refractivity contribution >= 4 is 15.7 Å². The van der Waals surface area contributed by atoms with E-state index in [2.05, 4.69) is 23.9 Å². The molecule has 0 aromatic heterocycles. The highest BCUT2D eigenvalue weighted by molar-refractivity contribution is 7.92. The summed E-state index contributed by atoms with van der Waals surface area (Å²) in [6.45, 7) is 6.09. The molecule has 0 spiro atoms. The summed E-state index contributed by atoms with van der Waals surface area (Å²) in [5.74, 6) is 0.182. The van der Waals surface area contributed by atoms with Crippen LogP contribution in [0.1, 0.15) is 45.1 Å². The van der Waals surface area contributed by atoms with Crippen LogP contribution in [0, 0.1) is 0 Å². The summed E-state index contributed by atoms with van der Waals surface area (Å²) in [5, 5.41) is 3.28. The minimum atomic E-state index is -3.25. The maximum Gasteiger partial charge on any atom is 0.232 e. The molecular weight excluding hydrogens is 284 g/mol. The molecule has 0 saturated carbocycles. The van der Waals surface area contributed by atoms with Crippen LogP contribution in [-0.2, 0) is 16.4 Å². The van der Waals surface area contributed by atoms with Gasteiger partial charge in [0.2, 0.25) is 10.0 Å². The van der Waals surface area contributed by atoms with E-state index in [-0.39, 0.29) is 5.75 Å². The molecular formula is C16H28N2O2S. The van der Waals surface area contributed by atoms with Crippen molar-refractivity contribution < 1.29 is 8.42 Å². The highest BCUT2D eigenvalue weighted by atomic mass is 32.2. The van der Waals surface area contributed by atoms with Gasteiger partial charge in [0, 0.05) is 0 Å². The van der Waals surface area contributed by atoms with Gasteiger partial charge in [-0.15, -0.1) is 0 Å². The molecule has 0 aliphatic rings. The molecule has 0 amide bonds. The van der Waals surface area contributed by atoms with Crippen molar-refractivity contribution in [2.24, 2.45) is 0 Å². The Morgan fingerprint density at radius 2 is 1.76 bits per heavy atom. The second-order valence-electron chi connectivity index (χ2n) is 5.29. The fourth-order valence-corrected chi connectivity index (χ4v) is 3.39. The predicted molar refractivity (Wildman–Crippen MR) is 90.2 cm³/mol. The molecule has 0 unspecified atom stereocenters. The monoisotopic (exact) mass is 312 g/mol. The average Bonchev–Trinajstić information content (AvgIpc) is 2.45. The molecule has 2 N–H and O–H groups in total. The van der Waals surface area contributed by atoms with Crippen molar-refractivity contribution in [2.75, 3.05) is 23.6 Å². The van der Waals surface area contributed by atoms with Gasteiger partial charge in [0.05, 0.1) is 11.4 Å². The number of sulfonamides is 1. The molecule has 0 radical (unpaired) electrons. The molecule has 5 heteroatoms. The predicted octanol–water partition coefficient (Wildman–Crippen LogP) is 3.16. The Bertz CT molecular complexity index is 501. The first-order valence-electron chi connectivity index (χ1n) is 7.88. The van der Waals surface area contributed by atoms with Gasteiger partial charge in [-0.1, -0.05) is 38.5 Å². The van der Waals surface area contributed by atoms with Crippen LogP contribution >= 0.6 is 0 Å². The van der Waals surface area contributed by atoms with Crippen LogP contribution < -0.4 is 10.0 Å². The van der Waals surface area contributed by atoms with Crippen LogP contribution in [0.3, 0.4) is 0 Å². The molecule has 0 fully saturated rings. The van der Waals surface area contributed by atoms with Crippen LogP contribution in [0.25, 0.3) is 0 Å². The zero-order valence-electron chi connectivity index (χ0n) is 13.2. The molecule has 0 aliphatic heterocycles. The second kappa shape index (κ2) is 9.79. The molecule has 1 aromatic carbocycles. The van der Waals surface area contributed by atoms with E-state index >= 15 is 0 Å². The largest absolute Gasteiger partial charge is 0.317 e. The Hall–Kier alpha value is -1.07. The van der Waals surface area contributed by atoms with Crippen LogP contribution in [0.5, 0.6) is 0 Å². The van der Waals surface area contributed by atoms with Crippen molar-refractivity contribution in [1.29, 1.82) is 0 Å². The number of anilines is 1. The molecule has 21 heavy (non-hydrogen) atoms. The quantitative estimate of drug-likeness (QED) is 0.617. The normalized spacial score (nSPS) is 11.5. The van der Waals surface area contributed by atoms with Crippen LogP contribution in [0.15, 0.2) is 24.3 Å². The van der Waals surface area contributed by atoms with Gasteiger partial charge in [-0.25, -0.2) is 8.42 Å². The van der Waals surface area contributed by atoms with Gasteiger partial charge in [0.25, 0.3) is 0 Å². The lowest BCUT2D eigenvalue weighted by molar-refractivity contribution is 0.590. The van der Waals surface area contributed by atoms with E-state index in [1.54, 1.807) is 0 Å². The zero-order chi connectivity index (χ0) is 15.6. The minimum absolute atomic E-state index is 0.182. The number of hydrogen-bond donors (Lipinski definition) is 2. The number of para-hydroxylation sites is 1. The van der Waals surface area contributed by atoms with Crippen molar-refractivity contribution in [3.8, 4) is 0 Å². The van der Waals surface area contributed by atoms with Gasteiger partial charge in [-0.2, -0.15) is 0 Å². The van der Waals surface area contributed by atoms with E-state index in [4.69, 9.17) is 0 Å². The maximum atomic E-state index is 12.1. The summed E-state index contributed by atoms with van der Waals surface area (Å²) >= 11 is 0. The van der Waals surface area contributed by atoms with Gasteiger partial charge in [0.15, 0.2) is 0 Å². The van der Waals surface area contributed by atoms with Crippen molar-refractivity contribution in [3.05, 3.63) is 29.8 Å². The standard InChI is InChI=1S/C16H28N2O2S/c1-3-9-15-10-5-6-11-16(15)18-21(19,20)14-8-7-13-17-12-4-2/h5-6,10-11,17-18H,3-4,7-9,12-14H2,1-2H3. The van der Waals surface area contributed by atoms with E-state index in [9.17, 15) is 8.42 Å². The molecule has 0 atom stereocenters. The highest BCUT2D eigenvalue weighted by Gasteiger charge is 2.12. The van der Waals surface area contributed by atoms with Gasteiger partial charge in [0.1, 0.15) is 0 Å². The van der Waals surface area contributed by atoms with Crippen molar-refractivity contribution in [1.82, 2.24) is 5.32 Å². The molecule has 0 heterocycles.